The second-order valence-electron chi connectivity index (χ2n) is 6.17. The number of hydrogen-bond donors (Lipinski definition) is 2. The molecular formula is C19H26O4. The van der Waals surface area contributed by atoms with Gasteiger partial charge in [0.05, 0.1) is 5.57 Å². The first-order chi connectivity index (χ1) is 11.1. The van der Waals surface area contributed by atoms with Crippen LogP contribution in [0, 0.1) is 0 Å². The molecule has 126 valence electrons. The van der Waals surface area contributed by atoms with Gasteiger partial charge in [-0.25, -0.2) is 4.79 Å². The van der Waals surface area contributed by atoms with Crippen molar-refractivity contribution in [1.82, 2.24) is 0 Å². The predicted molar refractivity (Wildman–Crippen MR) is 89.3 cm³/mol. The normalized spacial score (nSPS) is 18.1. The molecule has 0 saturated heterocycles. The minimum absolute atomic E-state index is 0.202. The number of esters is 1. The molecule has 0 saturated carbocycles. The van der Waals surface area contributed by atoms with Crippen molar-refractivity contribution in [2.75, 3.05) is 0 Å². The number of phenolic OH excluding ortho intramolecular Hbond substituents is 1. The molecule has 0 bridgehead atoms. The second-order valence-corrected chi connectivity index (χ2v) is 6.17. The minimum Gasteiger partial charge on any atom is -0.512 e. The summed E-state index contributed by atoms with van der Waals surface area (Å²) in [5.74, 6) is 0.0838. The van der Waals surface area contributed by atoms with E-state index in [-0.39, 0.29) is 23.6 Å². The Morgan fingerprint density at radius 1 is 1.09 bits per heavy atom. The van der Waals surface area contributed by atoms with Crippen molar-refractivity contribution < 1.29 is 19.7 Å². The van der Waals surface area contributed by atoms with E-state index in [1.165, 1.54) is 0 Å². The first-order valence-corrected chi connectivity index (χ1v) is 8.50. The third-order valence-corrected chi connectivity index (χ3v) is 4.26. The molecule has 0 radical (unpaired) electrons. The highest BCUT2D eigenvalue weighted by atomic mass is 16.5. The number of rotatable bonds is 8. The molecule has 0 spiro atoms. The smallest absolute Gasteiger partial charge is 0.337 e. The van der Waals surface area contributed by atoms with Gasteiger partial charge in [0.2, 0.25) is 0 Å². The Kier molecular flexibility index (Phi) is 6.51. The number of benzene rings is 1. The zero-order valence-electron chi connectivity index (χ0n) is 13.8. The van der Waals surface area contributed by atoms with Crippen LogP contribution in [0.3, 0.4) is 0 Å². The van der Waals surface area contributed by atoms with Crippen LogP contribution in [0.1, 0.15) is 57.4 Å². The third-order valence-electron chi connectivity index (χ3n) is 4.26. The van der Waals surface area contributed by atoms with Crippen LogP contribution < -0.4 is 0 Å². The van der Waals surface area contributed by atoms with Crippen molar-refractivity contribution in [3.05, 3.63) is 41.2 Å². The number of aliphatic hydroxyl groups excluding tert-OH is 1. The Labute approximate surface area is 137 Å². The summed E-state index contributed by atoms with van der Waals surface area (Å²) < 4.78 is 5.47. The standard InChI is InChI=1S/C19H26O4/c1-2-3-4-5-6-17-18(21)13-16(23-19(17)22)12-9-14-7-10-15(20)11-8-14/h7-8,10-11,16,20-21H,2-6,9,12-13H2,1H3. The van der Waals surface area contributed by atoms with Gasteiger partial charge in [-0.05, 0) is 43.4 Å². The van der Waals surface area contributed by atoms with Crippen molar-refractivity contribution in [2.45, 2.75) is 64.4 Å². The lowest BCUT2D eigenvalue weighted by Crippen LogP contribution is -2.27. The average Bonchev–Trinajstić information content (AvgIpc) is 2.53. The summed E-state index contributed by atoms with van der Waals surface area (Å²) in [6, 6.07) is 7.01. The molecule has 0 amide bonds. The summed E-state index contributed by atoms with van der Waals surface area (Å²) >= 11 is 0. The van der Waals surface area contributed by atoms with E-state index in [4.69, 9.17) is 4.74 Å². The average molecular weight is 318 g/mol. The summed E-state index contributed by atoms with van der Waals surface area (Å²) in [6.07, 6.45) is 6.46. The molecule has 1 aromatic carbocycles. The number of aromatic hydroxyl groups is 1. The Morgan fingerprint density at radius 3 is 2.48 bits per heavy atom. The summed E-state index contributed by atoms with van der Waals surface area (Å²) in [5, 5.41) is 19.4. The fourth-order valence-electron chi connectivity index (χ4n) is 2.85. The van der Waals surface area contributed by atoms with Crippen LogP contribution in [0.5, 0.6) is 5.75 Å². The summed E-state index contributed by atoms with van der Waals surface area (Å²) in [5.41, 5.74) is 1.54. The van der Waals surface area contributed by atoms with Gasteiger partial charge in [0.25, 0.3) is 0 Å². The van der Waals surface area contributed by atoms with Crippen molar-refractivity contribution in [3.63, 3.8) is 0 Å². The van der Waals surface area contributed by atoms with Gasteiger partial charge >= 0.3 is 5.97 Å². The maximum atomic E-state index is 12.1. The zero-order chi connectivity index (χ0) is 16.7. The number of ether oxygens (including phenoxy) is 1. The molecule has 23 heavy (non-hydrogen) atoms. The van der Waals surface area contributed by atoms with Crippen molar-refractivity contribution in [1.29, 1.82) is 0 Å². The van der Waals surface area contributed by atoms with Crippen LogP contribution in [-0.2, 0) is 16.0 Å². The molecular weight excluding hydrogens is 292 g/mol. The second kappa shape index (κ2) is 8.61. The monoisotopic (exact) mass is 318 g/mol. The number of hydrogen-bond acceptors (Lipinski definition) is 4. The Bertz CT molecular complexity index is 545. The number of phenols is 1. The molecule has 0 aliphatic carbocycles. The number of aryl methyl sites for hydroxylation is 1. The van der Waals surface area contributed by atoms with Gasteiger partial charge in [-0.2, -0.15) is 0 Å². The summed E-state index contributed by atoms with van der Waals surface area (Å²) in [4.78, 5) is 12.1. The molecule has 1 unspecified atom stereocenters. The first kappa shape index (κ1) is 17.4. The van der Waals surface area contributed by atoms with E-state index in [1.807, 2.05) is 12.1 Å². The molecule has 2 rings (SSSR count). The van der Waals surface area contributed by atoms with Gasteiger partial charge in [0.1, 0.15) is 17.6 Å². The van der Waals surface area contributed by atoms with E-state index in [0.717, 1.165) is 37.7 Å². The number of carbonyl (C=O) groups excluding carboxylic acids is 1. The van der Waals surface area contributed by atoms with E-state index < -0.39 is 0 Å². The Balaban J connectivity index is 1.84. The van der Waals surface area contributed by atoms with E-state index in [1.54, 1.807) is 12.1 Å². The number of aliphatic hydroxyl groups is 1. The largest absolute Gasteiger partial charge is 0.512 e. The minimum atomic E-state index is -0.360. The molecule has 1 aliphatic rings. The van der Waals surface area contributed by atoms with Gasteiger partial charge in [-0.3, -0.25) is 0 Å². The van der Waals surface area contributed by atoms with Crippen molar-refractivity contribution in [3.8, 4) is 5.75 Å². The molecule has 4 nitrogen and oxygen atoms in total. The van der Waals surface area contributed by atoms with Crippen molar-refractivity contribution in [2.24, 2.45) is 0 Å². The van der Waals surface area contributed by atoms with Gasteiger partial charge in [-0.1, -0.05) is 38.3 Å². The van der Waals surface area contributed by atoms with Crippen LogP contribution in [0.25, 0.3) is 0 Å². The molecule has 0 fully saturated rings. The first-order valence-electron chi connectivity index (χ1n) is 8.50. The quantitative estimate of drug-likeness (QED) is 0.550. The molecule has 0 aromatic heterocycles. The lowest BCUT2D eigenvalue weighted by Gasteiger charge is -2.24. The fourth-order valence-corrected chi connectivity index (χ4v) is 2.85. The SMILES string of the molecule is CCCCCCC1=C(O)CC(CCc2ccc(O)cc2)OC1=O. The predicted octanol–water partition coefficient (Wildman–Crippen LogP) is 4.42. The van der Waals surface area contributed by atoms with Crippen LogP contribution >= 0.6 is 0 Å². The molecule has 2 N–H and O–H groups in total. The van der Waals surface area contributed by atoms with E-state index >= 15 is 0 Å². The third kappa shape index (κ3) is 5.31. The number of carbonyl (C=O) groups is 1. The topological polar surface area (TPSA) is 66.8 Å². The maximum absolute atomic E-state index is 12.1. The molecule has 4 heteroatoms. The highest BCUT2D eigenvalue weighted by molar-refractivity contribution is 5.89. The highest BCUT2D eigenvalue weighted by Gasteiger charge is 2.28. The highest BCUT2D eigenvalue weighted by Crippen LogP contribution is 2.26. The number of cyclic esters (lactones) is 1. The molecule has 1 aromatic rings. The van der Waals surface area contributed by atoms with E-state index in [0.29, 0.717) is 24.8 Å². The van der Waals surface area contributed by atoms with Crippen LogP contribution in [0.4, 0.5) is 0 Å². The van der Waals surface area contributed by atoms with Gasteiger partial charge in [0, 0.05) is 6.42 Å². The summed E-state index contributed by atoms with van der Waals surface area (Å²) in [7, 11) is 0. The van der Waals surface area contributed by atoms with Crippen LogP contribution in [0.15, 0.2) is 35.6 Å². The van der Waals surface area contributed by atoms with E-state index in [2.05, 4.69) is 6.92 Å². The van der Waals surface area contributed by atoms with Crippen LogP contribution in [-0.4, -0.2) is 22.3 Å². The molecule has 1 heterocycles. The molecule has 1 atom stereocenters. The van der Waals surface area contributed by atoms with Crippen LogP contribution in [0.2, 0.25) is 0 Å². The maximum Gasteiger partial charge on any atom is 0.337 e. The zero-order valence-corrected chi connectivity index (χ0v) is 13.8. The van der Waals surface area contributed by atoms with Gasteiger partial charge in [-0.15, -0.1) is 0 Å². The molecule has 1 aliphatic heterocycles. The lowest BCUT2D eigenvalue weighted by atomic mass is 9.97. The fraction of sp³-hybridized carbons (Fsp3) is 0.526. The lowest BCUT2D eigenvalue weighted by molar-refractivity contribution is -0.147. The van der Waals surface area contributed by atoms with Gasteiger partial charge in [0.15, 0.2) is 0 Å². The van der Waals surface area contributed by atoms with E-state index in [9.17, 15) is 15.0 Å². The van der Waals surface area contributed by atoms with Gasteiger partial charge < -0.3 is 14.9 Å². The number of unbranched alkanes of at least 4 members (excludes halogenated alkanes) is 3. The Hall–Kier alpha value is -1.97. The van der Waals surface area contributed by atoms with Crippen molar-refractivity contribution >= 4 is 5.97 Å². The summed E-state index contributed by atoms with van der Waals surface area (Å²) in [6.45, 7) is 2.14. The Morgan fingerprint density at radius 2 is 1.83 bits per heavy atom.